The minimum absolute atomic E-state index is 0.00136. The molecule has 2 aromatic rings. The number of para-hydroxylation sites is 1. The zero-order valence-corrected chi connectivity index (χ0v) is 18.8. The van der Waals surface area contributed by atoms with Crippen molar-refractivity contribution in [1.82, 2.24) is 4.90 Å². The Bertz CT molecular complexity index is 1000. The molecule has 0 aromatic heterocycles. The van der Waals surface area contributed by atoms with Crippen molar-refractivity contribution in [3.63, 3.8) is 0 Å². The molecule has 168 valence electrons. The topological polar surface area (TPSA) is 70.2 Å². The molecular formula is C22H28FN3O4S. The van der Waals surface area contributed by atoms with Crippen LogP contribution in [0, 0.1) is 5.82 Å². The lowest BCUT2D eigenvalue weighted by molar-refractivity contribution is -0.129. The Morgan fingerprint density at radius 1 is 1.06 bits per heavy atom. The number of ether oxygens (including phenoxy) is 1. The van der Waals surface area contributed by atoms with Crippen LogP contribution in [-0.4, -0.2) is 64.3 Å². The van der Waals surface area contributed by atoms with Crippen LogP contribution in [0.25, 0.3) is 0 Å². The molecule has 0 aliphatic carbocycles. The van der Waals surface area contributed by atoms with Crippen LogP contribution in [0.15, 0.2) is 48.5 Å². The maximum atomic E-state index is 14.0. The third kappa shape index (κ3) is 5.88. The van der Waals surface area contributed by atoms with E-state index in [2.05, 4.69) is 0 Å². The molecule has 1 fully saturated rings. The number of rotatable bonds is 7. The normalized spacial score (nSPS) is 14.6. The monoisotopic (exact) mass is 449 g/mol. The van der Waals surface area contributed by atoms with E-state index in [1.165, 1.54) is 6.07 Å². The number of amides is 1. The number of anilines is 2. The molecule has 3 rings (SSSR count). The van der Waals surface area contributed by atoms with E-state index < -0.39 is 10.0 Å². The zero-order chi connectivity index (χ0) is 22.6. The van der Waals surface area contributed by atoms with E-state index in [4.69, 9.17) is 4.74 Å². The van der Waals surface area contributed by atoms with Crippen molar-refractivity contribution >= 4 is 27.3 Å². The van der Waals surface area contributed by atoms with E-state index in [0.29, 0.717) is 43.3 Å². The summed E-state index contributed by atoms with van der Waals surface area (Å²) in [6.45, 7) is 5.27. The van der Waals surface area contributed by atoms with Gasteiger partial charge in [-0.15, -0.1) is 0 Å². The molecule has 1 heterocycles. The fourth-order valence-electron chi connectivity index (χ4n) is 3.49. The molecule has 0 radical (unpaired) electrons. The number of carbonyl (C=O) groups is 1. The van der Waals surface area contributed by atoms with Crippen molar-refractivity contribution in [1.29, 1.82) is 0 Å². The van der Waals surface area contributed by atoms with Gasteiger partial charge in [-0.2, -0.15) is 0 Å². The van der Waals surface area contributed by atoms with Gasteiger partial charge >= 0.3 is 0 Å². The molecule has 7 nitrogen and oxygen atoms in total. The summed E-state index contributed by atoms with van der Waals surface area (Å²) < 4.78 is 45.4. The molecule has 31 heavy (non-hydrogen) atoms. The molecule has 2 aromatic carbocycles. The van der Waals surface area contributed by atoms with Crippen molar-refractivity contribution in [2.24, 2.45) is 0 Å². The van der Waals surface area contributed by atoms with Gasteiger partial charge in [0.05, 0.1) is 23.7 Å². The van der Waals surface area contributed by atoms with Crippen LogP contribution >= 0.6 is 0 Å². The summed E-state index contributed by atoms with van der Waals surface area (Å²) in [7, 11) is -3.66. The Balaban J connectivity index is 1.66. The molecule has 1 aliphatic heterocycles. The molecule has 0 atom stereocenters. The minimum Gasteiger partial charge on any atom is -0.491 e. The number of hydrogen-bond acceptors (Lipinski definition) is 5. The van der Waals surface area contributed by atoms with Crippen molar-refractivity contribution in [3.05, 3.63) is 54.3 Å². The Morgan fingerprint density at radius 3 is 2.23 bits per heavy atom. The second kappa shape index (κ2) is 9.55. The summed E-state index contributed by atoms with van der Waals surface area (Å²) in [6.07, 6.45) is 1.08. The maximum absolute atomic E-state index is 14.0. The fraction of sp³-hybridized carbons (Fsp3) is 0.409. The van der Waals surface area contributed by atoms with Gasteiger partial charge in [0.1, 0.15) is 18.1 Å². The van der Waals surface area contributed by atoms with Gasteiger partial charge in [-0.1, -0.05) is 12.1 Å². The van der Waals surface area contributed by atoms with Gasteiger partial charge in [-0.3, -0.25) is 9.10 Å². The quantitative estimate of drug-likeness (QED) is 0.650. The molecule has 1 aliphatic rings. The van der Waals surface area contributed by atoms with E-state index in [1.807, 2.05) is 18.7 Å². The van der Waals surface area contributed by atoms with Crippen LogP contribution in [0.3, 0.4) is 0 Å². The average Bonchev–Trinajstić information content (AvgIpc) is 2.72. The van der Waals surface area contributed by atoms with E-state index in [1.54, 1.807) is 47.4 Å². The van der Waals surface area contributed by atoms with E-state index >= 15 is 0 Å². The smallest absolute Gasteiger partial charge is 0.243 e. The second-order valence-corrected chi connectivity index (χ2v) is 9.66. The molecule has 0 bridgehead atoms. The molecule has 0 spiro atoms. The lowest BCUT2D eigenvalue weighted by Gasteiger charge is -2.37. The van der Waals surface area contributed by atoms with Gasteiger partial charge in [0.15, 0.2) is 0 Å². The molecule has 0 N–H and O–H groups in total. The highest BCUT2D eigenvalue weighted by Gasteiger charge is 2.27. The Labute approximate surface area is 183 Å². The summed E-state index contributed by atoms with van der Waals surface area (Å²) in [5, 5.41) is 0. The highest BCUT2D eigenvalue weighted by atomic mass is 32.2. The number of halogens is 1. The number of piperazine rings is 1. The Morgan fingerprint density at radius 2 is 1.68 bits per heavy atom. The summed E-state index contributed by atoms with van der Waals surface area (Å²) in [5.74, 6) is 0.0410. The third-order valence-corrected chi connectivity index (χ3v) is 6.14. The van der Waals surface area contributed by atoms with Gasteiger partial charge in [0.25, 0.3) is 0 Å². The SMILES string of the molecule is CC(C)Oc1ccc(N(CC(=O)N2CCN(c3ccccc3F)CC2)S(C)(=O)=O)cc1. The maximum Gasteiger partial charge on any atom is 0.243 e. The van der Waals surface area contributed by atoms with Crippen LogP contribution in [-0.2, 0) is 14.8 Å². The van der Waals surface area contributed by atoms with Gasteiger partial charge in [0.2, 0.25) is 15.9 Å². The minimum atomic E-state index is -3.66. The van der Waals surface area contributed by atoms with E-state index in [-0.39, 0.29) is 24.4 Å². The molecule has 0 saturated carbocycles. The second-order valence-electron chi connectivity index (χ2n) is 7.75. The lowest BCUT2D eigenvalue weighted by Crippen LogP contribution is -2.52. The van der Waals surface area contributed by atoms with Crippen molar-refractivity contribution in [2.45, 2.75) is 20.0 Å². The summed E-state index contributed by atoms with van der Waals surface area (Å²) in [5.41, 5.74) is 0.910. The first kappa shape index (κ1) is 22.9. The van der Waals surface area contributed by atoms with Crippen LogP contribution < -0.4 is 13.9 Å². The summed E-state index contributed by atoms with van der Waals surface area (Å²) in [6, 6.07) is 13.2. The number of carbonyl (C=O) groups excluding carboxylic acids is 1. The number of benzene rings is 2. The van der Waals surface area contributed by atoms with Crippen LogP contribution in [0.4, 0.5) is 15.8 Å². The van der Waals surface area contributed by atoms with Gasteiger partial charge < -0.3 is 14.5 Å². The lowest BCUT2D eigenvalue weighted by atomic mass is 10.2. The zero-order valence-electron chi connectivity index (χ0n) is 18.0. The highest BCUT2D eigenvalue weighted by molar-refractivity contribution is 7.92. The summed E-state index contributed by atoms with van der Waals surface area (Å²) in [4.78, 5) is 16.4. The van der Waals surface area contributed by atoms with Crippen molar-refractivity contribution in [3.8, 4) is 5.75 Å². The van der Waals surface area contributed by atoms with Gasteiger partial charge in [-0.05, 0) is 50.2 Å². The highest BCUT2D eigenvalue weighted by Crippen LogP contribution is 2.23. The van der Waals surface area contributed by atoms with Crippen molar-refractivity contribution < 1.29 is 22.3 Å². The molecule has 0 unspecified atom stereocenters. The number of nitrogens with zero attached hydrogens (tertiary/aromatic N) is 3. The summed E-state index contributed by atoms with van der Waals surface area (Å²) >= 11 is 0. The molecule has 9 heteroatoms. The van der Waals surface area contributed by atoms with Crippen LogP contribution in [0.5, 0.6) is 5.75 Å². The van der Waals surface area contributed by atoms with Crippen LogP contribution in [0.1, 0.15) is 13.8 Å². The largest absolute Gasteiger partial charge is 0.491 e. The first-order valence-corrected chi connectivity index (χ1v) is 12.0. The Kier molecular flexibility index (Phi) is 7.04. The van der Waals surface area contributed by atoms with E-state index in [9.17, 15) is 17.6 Å². The number of hydrogen-bond donors (Lipinski definition) is 0. The van der Waals surface area contributed by atoms with Crippen molar-refractivity contribution in [2.75, 3.05) is 48.2 Å². The fourth-order valence-corrected chi connectivity index (χ4v) is 4.34. The predicted molar refractivity (Wildman–Crippen MR) is 120 cm³/mol. The first-order chi connectivity index (χ1) is 14.6. The first-order valence-electron chi connectivity index (χ1n) is 10.2. The molecule has 1 saturated heterocycles. The van der Waals surface area contributed by atoms with Crippen LogP contribution in [0.2, 0.25) is 0 Å². The predicted octanol–water partition coefficient (Wildman–Crippen LogP) is 2.73. The number of sulfonamides is 1. The average molecular weight is 450 g/mol. The molecular weight excluding hydrogens is 421 g/mol. The third-order valence-electron chi connectivity index (χ3n) is 5.00. The van der Waals surface area contributed by atoms with Gasteiger partial charge in [-0.25, -0.2) is 12.8 Å². The Hall–Kier alpha value is -2.81. The standard InChI is InChI=1S/C22H28FN3O4S/c1-17(2)30-19-10-8-18(9-11-19)26(31(3,28)29)16-22(27)25-14-12-24(13-15-25)21-7-5-4-6-20(21)23/h4-11,17H,12-16H2,1-3H3. The van der Waals surface area contributed by atoms with Gasteiger partial charge in [0, 0.05) is 26.2 Å². The van der Waals surface area contributed by atoms with E-state index in [0.717, 1.165) is 10.6 Å². The molecule has 1 amide bonds.